The Hall–Kier alpha value is -1.82. The zero-order valence-corrected chi connectivity index (χ0v) is 11.0. The van der Waals surface area contributed by atoms with Crippen LogP contribution in [0.4, 0.5) is 0 Å². The van der Waals surface area contributed by atoms with Gasteiger partial charge in [-0.25, -0.2) is 0 Å². The van der Waals surface area contributed by atoms with E-state index in [2.05, 4.69) is 74.2 Å². The van der Waals surface area contributed by atoms with Gasteiger partial charge in [-0.2, -0.15) is 0 Å². The fourth-order valence-electron chi connectivity index (χ4n) is 2.29. The lowest BCUT2D eigenvalue weighted by molar-refractivity contribution is 0.739. The maximum Gasteiger partial charge on any atom is -0.00696 e. The van der Waals surface area contributed by atoms with Gasteiger partial charge in [0.05, 0.1) is 0 Å². The molecule has 2 rings (SSSR count). The minimum absolute atomic E-state index is 0.544. The molecule has 0 saturated carbocycles. The van der Waals surface area contributed by atoms with Gasteiger partial charge < -0.3 is 0 Å². The Morgan fingerprint density at radius 3 is 2.11 bits per heavy atom. The Morgan fingerprint density at radius 2 is 1.50 bits per heavy atom. The molecule has 0 N–H and O–H groups in total. The third kappa shape index (κ3) is 3.59. The molecule has 0 aliphatic rings. The Morgan fingerprint density at radius 1 is 0.944 bits per heavy atom. The summed E-state index contributed by atoms with van der Waals surface area (Å²) in [5.74, 6) is 0.544. The van der Waals surface area contributed by atoms with E-state index in [-0.39, 0.29) is 0 Å². The van der Waals surface area contributed by atoms with Crippen molar-refractivity contribution in [1.82, 2.24) is 0 Å². The van der Waals surface area contributed by atoms with Gasteiger partial charge >= 0.3 is 0 Å². The molecule has 2 aromatic carbocycles. The first-order chi connectivity index (χ1) is 8.75. The minimum Gasteiger partial charge on any atom is -0.0995 e. The van der Waals surface area contributed by atoms with Crippen molar-refractivity contribution in [1.29, 1.82) is 0 Å². The summed E-state index contributed by atoms with van der Waals surface area (Å²) >= 11 is 0. The first-order valence-corrected chi connectivity index (χ1v) is 6.51. The van der Waals surface area contributed by atoms with Crippen LogP contribution in [-0.4, -0.2) is 0 Å². The van der Waals surface area contributed by atoms with Crippen LogP contribution in [0.5, 0.6) is 0 Å². The molecule has 0 heteroatoms. The first kappa shape index (κ1) is 12.6. The minimum atomic E-state index is 0.544. The van der Waals surface area contributed by atoms with E-state index in [0.29, 0.717) is 5.92 Å². The van der Waals surface area contributed by atoms with Gasteiger partial charge in [0.1, 0.15) is 0 Å². The number of rotatable bonds is 5. The van der Waals surface area contributed by atoms with Crippen LogP contribution in [0.2, 0.25) is 0 Å². The van der Waals surface area contributed by atoms with Crippen LogP contribution >= 0.6 is 0 Å². The molecule has 1 unspecified atom stereocenters. The van der Waals surface area contributed by atoms with Gasteiger partial charge in [-0.1, -0.05) is 79.7 Å². The zero-order chi connectivity index (χ0) is 12.8. The van der Waals surface area contributed by atoms with Gasteiger partial charge in [0, 0.05) is 0 Å². The summed E-state index contributed by atoms with van der Waals surface area (Å²) in [4.78, 5) is 0. The largest absolute Gasteiger partial charge is 0.0995 e. The average Bonchev–Trinajstić information content (AvgIpc) is 2.40. The molecule has 0 fully saturated rings. The lowest BCUT2D eigenvalue weighted by atomic mass is 9.92. The number of allylic oxidation sites excluding steroid dienone is 1. The first-order valence-electron chi connectivity index (χ1n) is 6.51. The highest BCUT2D eigenvalue weighted by molar-refractivity contribution is 5.24. The van der Waals surface area contributed by atoms with E-state index in [0.717, 1.165) is 12.8 Å². The van der Waals surface area contributed by atoms with E-state index in [1.54, 1.807) is 0 Å². The highest BCUT2D eigenvalue weighted by Gasteiger charge is 2.07. The molecule has 92 valence electrons. The summed E-state index contributed by atoms with van der Waals surface area (Å²) in [6.45, 7) is 6.48. The van der Waals surface area contributed by atoms with E-state index in [1.165, 1.54) is 16.7 Å². The molecule has 0 spiro atoms. The molecule has 0 amide bonds. The Labute approximate surface area is 110 Å². The van der Waals surface area contributed by atoms with E-state index in [4.69, 9.17) is 0 Å². The molecule has 0 aliphatic carbocycles. The second kappa shape index (κ2) is 6.20. The topological polar surface area (TPSA) is 0 Å². The lowest BCUT2D eigenvalue weighted by Gasteiger charge is -2.14. The Bertz CT molecular complexity index is 482. The Balaban J connectivity index is 1.92. The number of hydrogen-bond acceptors (Lipinski definition) is 0. The number of benzene rings is 2. The summed E-state index contributed by atoms with van der Waals surface area (Å²) in [5.41, 5.74) is 4.05. The second-order valence-electron chi connectivity index (χ2n) is 4.93. The SMILES string of the molecule is C=C(Cc1ccccc1)CC(C)c1ccccc1. The third-order valence-electron chi connectivity index (χ3n) is 3.26. The van der Waals surface area contributed by atoms with Crippen LogP contribution in [0.3, 0.4) is 0 Å². The van der Waals surface area contributed by atoms with E-state index in [1.807, 2.05) is 0 Å². The molecule has 0 heterocycles. The quantitative estimate of drug-likeness (QED) is 0.642. The molecular weight excluding hydrogens is 216 g/mol. The zero-order valence-electron chi connectivity index (χ0n) is 11.0. The van der Waals surface area contributed by atoms with Crippen LogP contribution in [0.15, 0.2) is 72.8 Å². The van der Waals surface area contributed by atoms with E-state index in [9.17, 15) is 0 Å². The molecule has 1 atom stereocenters. The van der Waals surface area contributed by atoms with Crippen LogP contribution in [-0.2, 0) is 6.42 Å². The van der Waals surface area contributed by atoms with Gasteiger partial charge in [-0.15, -0.1) is 0 Å². The molecule has 0 saturated heterocycles. The van der Waals surface area contributed by atoms with Crippen LogP contribution < -0.4 is 0 Å². The molecule has 18 heavy (non-hydrogen) atoms. The van der Waals surface area contributed by atoms with Crippen molar-refractivity contribution in [3.8, 4) is 0 Å². The lowest BCUT2D eigenvalue weighted by Crippen LogP contribution is -1.97. The predicted molar refractivity (Wildman–Crippen MR) is 78.8 cm³/mol. The fourth-order valence-corrected chi connectivity index (χ4v) is 2.29. The van der Waals surface area contributed by atoms with Crippen molar-refractivity contribution in [2.24, 2.45) is 0 Å². The van der Waals surface area contributed by atoms with Crippen molar-refractivity contribution in [3.63, 3.8) is 0 Å². The van der Waals surface area contributed by atoms with Crippen LogP contribution in [0, 0.1) is 0 Å². The summed E-state index contributed by atoms with van der Waals surface area (Å²) in [6.07, 6.45) is 2.04. The smallest absolute Gasteiger partial charge is 0.00696 e. The molecule has 0 aromatic heterocycles. The molecular formula is C18H20. The average molecular weight is 236 g/mol. The second-order valence-corrected chi connectivity index (χ2v) is 4.93. The van der Waals surface area contributed by atoms with Crippen LogP contribution in [0.25, 0.3) is 0 Å². The van der Waals surface area contributed by atoms with Gasteiger partial charge in [0.15, 0.2) is 0 Å². The van der Waals surface area contributed by atoms with Crippen molar-refractivity contribution < 1.29 is 0 Å². The molecule has 2 aromatic rings. The summed E-state index contributed by atoms with van der Waals surface area (Å²) in [5, 5.41) is 0. The highest BCUT2D eigenvalue weighted by Crippen LogP contribution is 2.23. The standard InChI is InChI=1S/C18H20/c1-15(14-17-9-5-3-6-10-17)13-16(2)18-11-7-4-8-12-18/h3-12,16H,1,13-14H2,2H3. The van der Waals surface area contributed by atoms with Gasteiger partial charge in [-0.05, 0) is 29.9 Å². The molecule has 0 nitrogen and oxygen atoms in total. The predicted octanol–water partition coefficient (Wildman–Crippen LogP) is 4.98. The summed E-state index contributed by atoms with van der Waals surface area (Å²) in [6, 6.07) is 21.2. The maximum atomic E-state index is 4.22. The van der Waals surface area contributed by atoms with Gasteiger partial charge in [0.2, 0.25) is 0 Å². The van der Waals surface area contributed by atoms with Crippen molar-refractivity contribution >= 4 is 0 Å². The van der Waals surface area contributed by atoms with E-state index >= 15 is 0 Å². The van der Waals surface area contributed by atoms with Crippen molar-refractivity contribution in [2.75, 3.05) is 0 Å². The maximum absolute atomic E-state index is 4.22. The van der Waals surface area contributed by atoms with Crippen molar-refractivity contribution in [3.05, 3.63) is 83.9 Å². The van der Waals surface area contributed by atoms with E-state index < -0.39 is 0 Å². The summed E-state index contributed by atoms with van der Waals surface area (Å²) in [7, 11) is 0. The number of hydrogen-bond donors (Lipinski definition) is 0. The molecule has 0 radical (unpaired) electrons. The van der Waals surface area contributed by atoms with Gasteiger partial charge in [-0.3, -0.25) is 0 Å². The Kier molecular flexibility index (Phi) is 4.35. The molecule has 0 aliphatic heterocycles. The molecule has 0 bridgehead atoms. The monoisotopic (exact) mass is 236 g/mol. The third-order valence-corrected chi connectivity index (χ3v) is 3.26. The summed E-state index contributed by atoms with van der Waals surface area (Å²) < 4.78 is 0. The fraction of sp³-hybridized carbons (Fsp3) is 0.222. The van der Waals surface area contributed by atoms with Crippen LogP contribution in [0.1, 0.15) is 30.4 Å². The normalized spacial score (nSPS) is 12.1. The van der Waals surface area contributed by atoms with Gasteiger partial charge in [0.25, 0.3) is 0 Å². The van der Waals surface area contributed by atoms with Crippen molar-refractivity contribution in [2.45, 2.75) is 25.7 Å². The highest BCUT2D eigenvalue weighted by atomic mass is 14.1.